The number of hydrogen-bond donors (Lipinski definition) is 1. The van der Waals surface area contributed by atoms with Crippen LogP contribution >= 0.6 is 0 Å². The topological polar surface area (TPSA) is 57.7 Å². The molecule has 122 valence electrons. The summed E-state index contributed by atoms with van der Waals surface area (Å²) in [6, 6.07) is 10.4. The van der Waals surface area contributed by atoms with Crippen molar-refractivity contribution in [3.8, 4) is 11.3 Å². The van der Waals surface area contributed by atoms with E-state index in [4.69, 9.17) is 0 Å². The molecule has 5 nitrogen and oxygen atoms in total. The Morgan fingerprint density at radius 2 is 1.88 bits per heavy atom. The predicted octanol–water partition coefficient (Wildman–Crippen LogP) is 2.78. The highest BCUT2D eigenvalue weighted by atomic mass is 15.2. The number of hydrogen-bond acceptors (Lipinski definition) is 4. The molecule has 1 N–H and O–H groups in total. The molecule has 0 bridgehead atoms. The SMILES string of the molecule is Cc1cnc(CN2CCc3[nH]nc(-c4ccccc4)c3CC2)cn1. The van der Waals surface area contributed by atoms with E-state index in [1.165, 1.54) is 16.8 Å². The minimum Gasteiger partial charge on any atom is -0.297 e. The largest absolute Gasteiger partial charge is 0.297 e. The molecular weight excluding hydrogens is 298 g/mol. The fourth-order valence-electron chi connectivity index (χ4n) is 3.25. The summed E-state index contributed by atoms with van der Waals surface area (Å²) in [7, 11) is 0. The van der Waals surface area contributed by atoms with Crippen LogP contribution in [-0.4, -0.2) is 38.2 Å². The van der Waals surface area contributed by atoms with Gasteiger partial charge in [0, 0.05) is 55.3 Å². The Bertz CT molecular complexity index is 808. The van der Waals surface area contributed by atoms with Gasteiger partial charge in [0.25, 0.3) is 0 Å². The average molecular weight is 319 g/mol. The summed E-state index contributed by atoms with van der Waals surface area (Å²) in [5.74, 6) is 0. The number of benzene rings is 1. The lowest BCUT2D eigenvalue weighted by Gasteiger charge is -2.19. The van der Waals surface area contributed by atoms with Gasteiger partial charge >= 0.3 is 0 Å². The van der Waals surface area contributed by atoms with Gasteiger partial charge in [-0.05, 0) is 13.3 Å². The summed E-state index contributed by atoms with van der Waals surface area (Å²) in [4.78, 5) is 11.3. The highest BCUT2D eigenvalue weighted by molar-refractivity contribution is 5.64. The van der Waals surface area contributed by atoms with Gasteiger partial charge in [0.05, 0.1) is 17.1 Å². The maximum Gasteiger partial charge on any atom is 0.0955 e. The summed E-state index contributed by atoms with van der Waals surface area (Å²) in [5, 5.41) is 7.81. The van der Waals surface area contributed by atoms with Crippen LogP contribution in [-0.2, 0) is 19.4 Å². The number of aryl methyl sites for hydroxylation is 1. The molecule has 0 aliphatic carbocycles. The van der Waals surface area contributed by atoms with Gasteiger partial charge in [0.15, 0.2) is 0 Å². The molecule has 0 fully saturated rings. The molecule has 3 heterocycles. The van der Waals surface area contributed by atoms with Crippen molar-refractivity contribution in [1.82, 2.24) is 25.1 Å². The molecule has 1 aromatic carbocycles. The molecule has 2 aromatic heterocycles. The molecule has 0 saturated carbocycles. The standard InChI is InChI=1S/C19H21N5/c1-14-11-21-16(12-20-14)13-24-9-7-17-18(8-10-24)22-23-19(17)15-5-3-2-4-6-15/h2-6,11-12H,7-10,13H2,1H3,(H,22,23). The number of aromatic nitrogens is 4. The number of rotatable bonds is 3. The van der Waals surface area contributed by atoms with Crippen LogP contribution in [0.25, 0.3) is 11.3 Å². The minimum absolute atomic E-state index is 0.853. The van der Waals surface area contributed by atoms with Crippen molar-refractivity contribution in [3.05, 3.63) is 65.4 Å². The van der Waals surface area contributed by atoms with Crippen molar-refractivity contribution in [3.63, 3.8) is 0 Å². The lowest BCUT2D eigenvalue weighted by molar-refractivity contribution is 0.275. The van der Waals surface area contributed by atoms with Crippen molar-refractivity contribution in [2.45, 2.75) is 26.3 Å². The van der Waals surface area contributed by atoms with Crippen LogP contribution in [0.2, 0.25) is 0 Å². The molecule has 1 aliphatic rings. The molecule has 0 spiro atoms. The Hall–Kier alpha value is -2.53. The van der Waals surface area contributed by atoms with E-state index in [9.17, 15) is 0 Å². The first kappa shape index (κ1) is 15.0. The third-order valence-electron chi connectivity index (χ3n) is 4.58. The van der Waals surface area contributed by atoms with Crippen LogP contribution in [0.3, 0.4) is 0 Å². The smallest absolute Gasteiger partial charge is 0.0955 e. The molecule has 24 heavy (non-hydrogen) atoms. The lowest BCUT2D eigenvalue weighted by atomic mass is 10.0. The number of fused-ring (bicyclic) bond motifs is 1. The van der Waals surface area contributed by atoms with Gasteiger partial charge in [-0.3, -0.25) is 20.0 Å². The van der Waals surface area contributed by atoms with Crippen molar-refractivity contribution in [2.75, 3.05) is 13.1 Å². The van der Waals surface area contributed by atoms with Gasteiger partial charge in [-0.15, -0.1) is 0 Å². The van der Waals surface area contributed by atoms with Crippen molar-refractivity contribution < 1.29 is 0 Å². The number of H-pyrrole nitrogens is 1. The molecule has 0 radical (unpaired) electrons. The van der Waals surface area contributed by atoms with Gasteiger partial charge < -0.3 is 0 Å². The first-order valence-electron chi connectivity index (χ1n) is 8.41. The Morgan fingerprint density at radius 1 is 1.04 bits per heavy atom. The van der Waals surface area contributed by atoms with E-state index in [0.29, 0.717) is 0 Å². The normalized spacial score (nSPS) is 15.0. The molecule has 0 saturated heterocycles. The van der Waals surface area contributed by atoms with E-state index in [0.717, 1.165) is 49.6 Å². The zero-order valence-corrected chi connectivity index (χ0v) is 13.9. The molecule has 3 aromatic rings. The summed E-state index contributed by atoms with van der Waals surface area (Å²) in [6.07, 6.45) is 5.73. The van der Waals surface area contributed by atoms with E-state index < -0.39 is 0 Å². The molecular formula is C19H21N5. The van der Waals surface area contributed by atoms with Crippen LogP contribution in [0.1, 0.15) is 22.6 Å². The Kier molecular flexibility index (Phi) is 4.09. The highest BCUT2D eigenvalue weighted by Crippen LogP contribution is 2.26. The molecule has 0 atom stereocenters. The van der Waals surface area contributed by atoms with Gasteiger partial charge in [0.1, 0.15) is 0 Å². The van der Waals surface area contributed by atoms with Gasteiger partial charge in [-0.1, -0.05) is 30.3 Å². The fourth-order valence-corrected chi connectivity index (χ4v) is 3.25. The van der Waals surface area contributed by atoms with Crippen molar-refractivity contribution in [1.29, 1.82) is 0 Å². The second kappa shape index (κ2) is 6.53. The second-order valence-corrected chi connectivity index (χ2v) is 6.32. The van der Waals surface area contributed by atoms with Gasteiger partial charge in [-0.25, -0.2) is 0 Å². The predicted molar refractivity (Wildman–Crippen MR) is 93.5 cm³/mol. The first-order chi connectivity index (χ1) is 11.8. The highest BCUT2D eigenvalue weighted by Gasteiger charge is 2.20. The van der Waals surface area contributed by atoms with E-state index in [-0.39, 0.29) is 0 Å². The quantitative estimate of drug-likeness (QED) is 0.806. The summed E-state index contributed by atoms with van der Waals surface area (Å²) < 4.78 is 0. The zero-order chi connectivity index (χ0) is 16.4. The van der Waals surface area contributed by atoms with E-state index in [1.807, 2.05) is 25.4 Å². The summed E-state index contributed by atoms with van der Waals surface area (Å²) in [5.41, 5.74) is 6.91. The number of aromatic amines is 1. The van der Waals surface area contributed by atoms with Crippen molar-refractivity contribution in [2.24, 2.45) is 0 Å². The lowest BCUT2D eigenvalue weighted by Crippen LogP contribution is -2.26. The monoisotopic (exact) mass is 319 g/mol. The van der Waals surface area contributed by atoms with Gasteiger partial charge in [0.2, 0.25) is 0 Å². The van der Waals surface area contributed by atoms with Crippen LogP contribution in [0.5, 0.6) is 0 Å². The minimum atomic E-state index is 0.853. The van der Waals surface area contributed by atoms with E-state index >= 15 is 0 Å². The van der Waals surface area contributed by atoms with Crippen molar-refractivity contribution >= 4 is 0 Å². The fraction of sp³-hybridized carbons (Fsp3) is 0.316. The molecule has 4 rings (SSSR count). The second-order valence-electron chi connectivity index (χ2n) is 6.32. The molecule has 1 aliphatic heterocycles. The van der Waals surface area contributed by atoms with Crippen LogP contribution in [0, 0.1) is 6.92 Å². The van der Waals surface area contributed by atoms with Crippen LogP contribution < -0.4 is 0 Å². The maximum atomic E-state index is 4.56. The average Bonchev–Trinajstić information content (AvgIpc) is 2.93. The zero-order valence-electron chi connectivity index (χ0n) is 13.9. The third kappa shape index (κ3) is 3.08. The van der Waals surface area contributed by atoms with Crippen LogP contribution in [0.4, 0.5) is 0 Å². The number of nitrogens with zero attached hydrogens (tertiary/aromatic N) is 4. The Labute approximate surface area is 141 Å². The van der Waals surface area contributed by atoms with Crippen LogP contribution in [0.15, 0.2) is 42.7 Å². The third-order valence-corrected chi connectivity index (χ3v) is 4.58. The Balaban J connectivity index is 1.50. The van der Waals surface area contributed by atoms with E-state index in [2.05, 4.69) is 49.3 Å². The molecule has 0 amide bonds. The van der Waals surface area contributed by atoms with E-state index in [1.54, 1.807) is 0 Å². The first-order valence-corrected chi connectivity index (χ1v) is 8.41. The number of nitrogens with one attached hydrogen (secondary N) is 1. The van der Waals surface area contributed by atoms with Gasteiger partial charge in [-0.2, -0.15) is 5.10 Å². The Morgan fingerprint density at radius 3 is 2.67 bits per heavy atom. The summed E-state index contributed by atoms with van der Waals surface area (Å²) >= 11 is 0. The summed E-state index contributed by atoms with van der Waals surface area (Å²) in [6.45, 7) is 4.85. The maximum absolute atomic E-state index is 4.56. The molecule has 0 unspecified atom stereocenters. The molecule has 5 heteroatoms.